The minimum atomic E-state index is -3.59. The van der Waals surface area contributed by atoms with Gasteiger partial charge < -0.3 is 19.2 Å². The largest absolute Gasteiger partial charge is 0.447 e. The average Bonchev–Trinajstić information content (AvgIpc) is 3.13. The van der Waals surface area contributed by atoms with Crippen molar-refractivity contribution in [1.82, 2.24) is 10.0 Å². The summed E-state index contributed by atoms with van der Waals surface area (Å²) in [5, 5.41) is 3.04. The van der Waals surface area contributed by atoms with E-state index in [1.54, 1.807) is 13.2 Å². The van der Waals surface area contributed by atoms with Crippen LogP contribution in [0, 0.1) is 5.92 Å². The van der Waals surface area contributed by atoms with Gasteiger partial charge in [-0.25, -0.2) is 13.1 Å². The van der Waals surface area contributed by atoms with Gasteiger partial charge in [0.2, 0.25) is 5.09 Å². The number of hydrogen-bond donors (Lipinski definition) is 2. The third-order valence-electron chi connectivity index (χ3n) is 3.27. The predicted molar refractivity (Wildman–Crippen MR) is 76.4 cm³/mol. The van der Waals surface area contributed by atoms with Crippen LogP contribution in [0.25, 0.3) is 0 Å². The van der Waals surface area contributed by atoms with Gasteiger partial charge in [0.1, 0.15) is 5.76 Å². The zero-order chi connectivity index (χ0) is 15.1. The molecule has 1 aromatic rings. The first-order valence-corrected chi connectivity index (χ1v) is 8.46. The fourth-order valence-corrected chi connectivity index (χ4v) is 3.09. The molecular formula is C13H22N2O5S. The molecule has 0 amide bonds. The highest BCUT2D eigenvalue weighted by Crippen LogP contribution is 2.16. The van der Waals surface area contributed by atoms with Crippen LogP contribution < -0.4 is 10.0 Å². The monoisotopic (exact) mass is 318 g/mol. The molecule has 0 aliphatic carbocycles. The molecule has 120 valence electrons. The lowest BCUT2D eigenvalue weighted by molar-refractivity contribution is 0.186. The molecule has 8 heteroatoms. The van der Waals surface area contributed by atoms with Crippen LogP contribution in [-0.2, 0) is 26.0 Å². The van der Waals surface area contributed by atoms with Crippen molar-refractivity contribution in [2.45, 2.75) is 18.1 Å². The SMILES string of the molecule is COCCNCc1ccc(S(=O)(=O)NCC2CCOC2)o1. The van der Waals surface area contributed by atoms with Crippen LogP contribution in [0.1, 0.15) is 12.2 Å². The van der Waals surface area contributed by atoms with Crippen LogP contribution in [0.2, 0.25) is 0 Å². The van der Waals surface area contributed by atoms with E-state index in [9.17, 15) is 8.42 Å². The molecule has 0 saturated carbocycles. The molecule has 2 heterocycles. The Bertz CT molecular complexity index is 522. The van der Waals surface area contributed by atoms with E-state index in [0.717, 1.165) is 6.42 Å². The zero-order valence-electron chi connectivity index (χ0n) is 12.1. The fourth-order valence-electron chi connectivity index (χ4n) is 2.03. The molecule has 1 aliphatic rings. The number of nitrogens with one attached hydrogen (secondary N) is 2. The molecule has 1 aliphatic heterocycles. The highest BCUT2D eigenvalue weighted by atomic mass is 32.2. The van der Waals surface area contributed by atoms with Crippen LogP contribution in [0.3, 0.4) is 0 Å². The molecule has 1 atom stereocenters. The van der Waals surface area contributed by atoms with E-state index in [2.05, 4.69) is 10.0 Å². The van der Waals surface area contributed by atoms with Gasteiger partial charge in [0.15, 0.2) is 0 Å². The maximum atomic E-state index is 12.1. The summed E-state index contributed by atoms with van der Waals surface area (Å²) in [7, 11) is -1.96. The van der Waals surface area contributed by atoms with Crippen LogP contribution in [0.4, 0.5) is 0 Å². The van der Waals surface area contributed by atoms with Crippen molar-refractivity contribution in [3.63, 3.8) is 0 Å². The maximum Gasteiger partial charge on any atom is 0.273 e. The van der Waals surface area contributed by atoms with E-state index >= 15 is 0 Å². The number of hydrogen-bond acceptors (Lipinski definition) is 6. The van der Waals surface area contributed by atoms with Crippen LogP contribution in [-0.4, -0.2) is 48.4 Å². The molecule has 0 radical (unpaired) electrons. The van der Waals surface area contributed by atoms with E-state index in [0.29, 0.717) is 45.2 Å². The average molecular weight is 318 g/mol. The molecule has 0 bridgehead atoms. The second-order valence-corrected chi connectivity index (χ2v) is 6.67. The second kappa shape index (κ2) is 7.90. The van der Waals surface area contributed by atoms with E-state index in [4.69, 9.17) is 13.9 Å². The Morgan fingerprint density at radius 3 is 3.00 bits per heavy atom. The topological polar surface area (TPSA) is 89.8 Å². The van der Waals surface area contributed by atoms with Gasteiger partial charge in [-0.2, -0.15) is 0 Å². The van der Waals surface area contributed by atoms with E-state index in [1.165, 1.54) is 6.07 Å². The smallest absolute Gasteiger partial charge is 0.273 e. The van der Waals surface area contributed by atoms with Gasteiger partial charge in [0, 0.05) is 26.8 Å². The van der Waals surface area contributed by atoms with Gasteiger partial charge in [-0.1, -0.05) is 0 Å². The van der Waals surface area contributed by atoms with E-state index < -0.39 is 10.0 Å². The molecule has 1 saturated heterocycles. The highest BCUT2D eigenvalue weighted by molar-refractivity contribution is 7.89. The lowest BCUT2D eigenvalue weighted by Crippen LogP contribution is -2.29. The van der Waals surface area contributed by atoms with Crippen molar-refractivity contribution in [2.24, 2.45) is 5.92 Å². The van der Waals surface area contributed by atoms with Crippen molar-refractivity contribution in [3.05, 3.63) is 17.9 Å². The summed E-state index contributed by atoms with van der Waals surface area (Å²) in [5.41, 5.74) is 0. The number of methoxy groups -OCH3 is 1. The minimum absolute atomic E-state index is 0.0510. The first kappa shape index (κ1) is 16.4. The number of ether oxygens (including phenoxy) is 2. The number of rotatable bonds is 9. The van der Waals surface area contributed by atoms with Gasteiger partial charge in [0.25, 0.3) is 10.0 Å². The summed E-state index contributed by atoms with van der Waals surface area (Å²) in [5.74, 6) is 0.820. The Morgan fingerprint density at radius 2 is 2.29 bits per heavy atom. The van der Waals surface area contributed by atoms with Crippen molar-refractivity contribution in [1.29, 1.82) is 0 Å². The Balaban J connectivity index is 1.83. The van der Waals surface area contributed by atoms with Gasteiger partial charge >= 0.3 is 0 Å². The van der Waals surface area contributed by atoms with Gasteiger partial charge in [0.05, 0.1) is 19.8 Å². The lowest BCUT2D eigenvalue weighted by Gasteiger charge is -2.08. The molecule has 0 spiro atoms. The van der Waals surface area contributed by atoms with Gasteiger partial charge in [-0.15, -0.1) is 0 Å². The summed E-state index contributed by atoms with van der Waals surface area (Å²) in [4.78, 5) is 0. The molecular weight excluding hydrogens is 296 g/mol. The maximum absolute atomic E-state index is 12.1. The third-order valence-corrected chi connectivity index (χ3v) is 4.57. The van der Waals surface area contributed by atoms with E-state index in [-0.39, 0.29) is 11.0 Å². The van der Waals surface area contributed by atoms with Gasteiger partial charge in [-0.3, -0.25) is 0 Å². The number of furan rings is 1. The Kier molecular flexibility index (Phi) is 6.19. The van der Waals surface area contributed by atoms with Crippen LogP contribution >= 0.6 is 0 Å². The molecule has 7 nitrogen and oxygen atoms in total. The van der Waals surface area contributed by atoms with Crippen LogP contribution in [0.5, 0.6) is 0 Å². The normalized spacial score (nSPS) is 19.2. The molecule has 1 unspecified atom stereocenters. The van der Waals surface area contributed by atoms with Crippen molar-refractivity contribution in [2.75, 3.05) is 40.0 Å². The van der Waals surface area contributed by atoms with Gasteiger partial charge in [-0.05, 0) is 24.5 Å². The highest BCUT2D eigenvalue weighted by Gasteiger charge is 2.22. The number of sulfonamides is 1. The Hall–Kier alpha value is -0.930. The standard InChI is InChI=1S/C13H22N2O5S/c1-18-7-5-14-9-12-2-3-13(20-12)21(16,17)15-8-11-4-6-19-10-11/h2-3,11,14-15H,4-10H2,1H3. The lowest BCUT2D eigenvalue weighted by atomic mass is 10.1. The van der Waals surface area contributed by atoms with Crippen molar-refractivity contribution < 1.29 is 22.3 Å². The molecule has 2 N–H and O–H groups in total. The molecule has 21 heavy (non-hydrogen) atoms. The third kappa shape index (κ3) is 5.08. The molecule has 0 aromatic carbocycles. The first-order chi connectivity index (χ1) is 10.1. The van der Waals surface area contributed by atoms with Crippen molar-refractivity contribution in [3.8, 4) is 0 Å². The predicted octanol–water partition coefficient (Wildman–Crippen LogP) is 0.330. The van der Waals surface area contributed by atoms with Crippen molar-refractivity contribution >= 4 is 10.0 Å². The molecule has 2 rings (SSSR count). The Labute approximate surface area is 125 Å². The summed E-state index contributed by atoms with van der Waals surface area (Å²) < 4.78 is 42.2. The summed E-state index contributed by atoms with van der Waals surface area (Å²) in [6.07, 6.45) is 0.884. The molecule has 1 fully saturated rings. The summed E-state index contributed by atoms with van der Waals surface area (Å²) >= 11 is 0. The quantitative estimate of drug-likeness (QED) is 0.638. The molecule has 1 aromatic heterocycles. The van der Waals surface area contributed by atoms with Crippen LogP contribution in [0.15, 0.2) is 21.6 Å². The van der Waals surface area contributed by atoms with E-state index in [1.807, 2.05) is 0 Å². The Morgan fingerprint density at radius 1 is 1.43 bits per heavy atom. The minimum Gasteiger partial charge on any atom is -0.447 e. The summed E-state index contributed by atoms with van der Waals surface area (Å²) in [6, 6.07) is 3.13. The first-order valence-electron chi connectivity index (χ1n) is 6.97. The zero-order valence-corrected chi connectivity index (χ0v) is 12.9. The second-order valence-electron chi connectivity index (χ2n) is 4.97. The fraction of sp³-hybridized carbons (Fsp3) is 0.692. The summed E-state index contributed by atoms with van der Waals surface area (Å²) in [6.45, 7) is 3.43.